The average molecular weight is 259 g/mol. The quantitative estimate of drug-likeness (QED) is 0.824. The predicted molar refractivity (Wildman–Crippen MR) is 70.2 cm³/mol. The Labute approximate surface area is 105 Å². The smallest absolute Gasteiger partial charge is 0.211 e. The lowest BCUT2D eigenvalue weighted by Gasteiger charge is -2.60. The average Bonchev–Trinajstić information content (AvgIpc) is 2.26. The van der Waals surface area contributed by atoms with Gasteiger partial charge in [-0.1, -0.05) is 20.8 Å². The molecule has 0 heterocycles. The molecule has 0 saturated heterocycles. The van der Waals surface area contributed by atoms with Crippen LogP contribution in [0.3, 0.4) is 0 Å². The van der Waals surface area contributed by atoms with Crippen LogP contribution in [-0.4, -0.2) is 20.7 Å². The molecule has 3 nitrogen and oxygen atoms in total. The van der Waals surface area contributed by atoms with Crippen molar-refractivity contribution in [3.8, 4) is 0 Å². The van der Waals surface area contributed by atoms with Gasteiger partial charge in [-0.2, -0.15) is 0 Å². The lowest BCUT2D eigenvalue weighted by atomic mass is 9.45. The van der Waals surface area contributed by atoms with Gasteiger partial charge < -0.3 is 0 Å². The van der Waals surface area contributed by atoms with Crippen LogP contribution in [0.25, 0.3) is 0 Å². The largest absolute Gasteiger partial charge is 0.216 e. The second-order valence-corrected chi connectivity index (χ2v) is 8.23. The molecule has 17 heavy (non-hydrogen) atoms. The first-order valence-corrected chi connectivity index (χ1v) is 8.49. The zero-order valence-corrected chi connectivity index (χ0v) is 12.0. The maximum absolute atomic E-state index is 11.6. The zero-order chi connectivity index (χ0) is 12.7. The molecular formula is C13H25NO2S. The maximum atomic E-state index is 11.6. The van der Waals surface area contributed by atoms with Gasteiger partial charge in [0.1, 0.15) is 0 Å². The highest BCUT2D eigenvalue weighted by atomic mass is 32.2. The first-order valence-electron chi connectivity index (χ1n) is 6.84. The van der Waals surface area contributed by atoms with Gasteiger partial charge in [0.2, 0.25) is 10.0 Å². The lowest BCUT2D eigenvalue weighted by molar-refractivity contribution is -0.105. The van der Waals surface area contributed by atoms with Gasteiger partial charge in [0, 0.05) is 6.54 Å². The Hall–Kier alpha value is -0.0900. The molecule has 3 fully saturated rings. The Bertz CT molecular complexity index is 373. The van der Waals surface area contributed by atoms with Gasteiger partial charge in [-0.15, -0.1) is 0 Å². The van der Waals surface area contributed by atoms with Crippen molar-refractivity contribution in [2.75, 3.05) is 12.3 Å². The van der Waals surface area contributed by atoms with E-state index in [1.165, 1.54) is 19.3 Å². The van der Waals surface area contributed by atoms with Crippen molar-refractivity contribution in [3.63, 3.8) is 0 Å². The van der Waals surface area contributed by atoms with Crippen LogP contribution >= 0.6 is 0 Å². The van der Waals surface area contributed by atoms with Crippen LogP contribution in [0.4, 0.5) is 0 Å². The molecule has 2 bridgehead atoms. The van der Waals surface area contributed by atoms with Crippen molar-refractivity contribution in [2.24, 2.45) is 23.2 Å². The summed E-state index contributed by atoms with van der Waals surface area (Å²) in [6.07, 6.45) is 4.71. The highest BCUT2D eigenvalue weighted by molar-refractivity contribution is 7.89. The van der Waals surface area contributed by atoms with E-state index in [-0.39, 0.29) is 0 Å². The fourth-order valence-corrected chi connectivity index (χ4v) is 5.10. The third kappa shape index (κ3) is 2.53. The first-order chi connectivity index (χ1) is 7.87. The van der Waals surface area contributed by atoms with E-state index in [2.05, 4.69) is 18.6 Å². The molecular weight excluding hydrogens is 234 g/mol. The molecule has 0 aromatic heterocycles. The summed E-state index contributed by atoms with van der Waals surface area (Å²) >= 11 is 0. The molecule has 0 aromatic carbocycles. The summed E-state index contributed by atoms with van der Waals surface area (Å²) in [6.45, 7) is 7.05. The van der Waals surface area contributed by atoms with Gasteiger partial charge in [0.25, 0.3) is 0 Å². The lowest BCUT2D eigenvalue weighted by Crippen LogP contribution is -2.52. The van der Waals surface area contributed by atoms with Gasteiger partial charge in [-0.3, -0.25) is 0 Å². The van der Waals surface area contributed by atoms with E-state index >= 15 is 0 Å². The summed E-state index contributed by atoms with van der Waals surface area (Å²) in [7, 11) is -3.02. The minimum Gasteiger partial charge on any atom is -0.216 e. The topological polar surface area (TPSA) is 46.2 Å². The predicted octanol–water partition coefficient (Wildman–Crippen LogP) is 2.39. The zero-order valence-electron chi connectivity index (χ0n) is 11.2. The third-order valence-corrected chi connectivity index (χ3v) is 6.62. The summed E-state index contributed by atoms with van der Waals surface area (Å²) in [5.41, 5.74) is 0.463. The maximum Gasteiger partial charge on any atom is 0.211 e. The normalized spacial score (nSPS) is 35.4. The molecule has 0 spiro atoms. The highest BCUT2D eigenvalue weighted by Gasteiger charge is 2.53. The van der Waals surface area contributed by atoms with Gasteiger partial charge in [0.05, 0.1) is 5.75 Å². The summed E-state index contributed by atoms with van der Waals surface area (Å²) in [5, 5.41) is 0. The van der Waals surface area contributed by atoms with E-state index < -0.39 is 10.0 Å². The van der Waals surface area contributed by atoms with Crippen molar-refractivity contribution in [1.82, 2.24) is 4.72 Å². The monoisotopic (exact) mass is 259 g/mol. The van der Waals surface area contributed by atoms with Gasteiger partial charge in [-0.05, 0) is 48.9 Å². The fraction of sp³-hybridized carbons (Fsp3) is 1.00. The van der Waals surface area contributed by atoms with Crippen LogP contribution in [0, 0.1) is 23.2 Å². The molecule has 4 heteroatoms. The van der Waals surface area contributed by atoms with Crippen LogP contribution in [0.15, 0.2) is 0 Å². The van der Waals surface area contributed by atoms with Crippen molar-refractivity contribution in [3.05, 3.63) is 0 Å². The van der Waals surface area contributed by atoms with Crippen LogP contribution < -0.4 is 4.72 Å². The van der Waals surface area contributed by atoms with E-state index in [0.717, 1.165) is 18.3 Å². The molecule has 0 unspecified atom stereocenters. The van der Waals surface area contributed by atoms with Crippen molar-refractivity contribution >= 4 is 10.0 Å². The SMILES string of the molecule is CCNS(=O)(=O)CC[C@@H]1CC[C@H]2C[C@@H]1C2(C)C. The van der Waals surface area contributed by atoms with Crippen LogP contribution in [0.5, 0.6) is 0 Å². The number of hydrogen-bond donors (Lipinski definition) is 1. The Morgan fingerprint density at radius 2 is 2.00 bits per heavy atom. The number of sulfonamides is 1. The summed E-state index contributed by atoms with van der Waals surface area (Å²) in [6, 6.07) is 0. The Kier molecular flexibility index (Phi) is 3.56. The Morgan fingerprint density at radius 3 is 2.53 bits per heavy atom. The highest BCUT2D eigenvalue weighted by Crippen LogP contribution is 2.61. The number of nitrogens with one attached hydrogen (secondary N) is 1. The molecule has 3 aliphatic carbocycles. The summed E-state index contributed by atoms with van der Waals surface area (Å²) in [5.74, 6) is 2.60. The van der Waals surface area contributed by atoms with E-state index in [1.807, 2.05) is 6.92 Å². The molecule has 0 aromatic rings. The molecule has 3 saturated carbocycles. The van der Waals surface area contributed by atoms with E-state index in [1.54, 1.807) is 0 Å². The number of fused-ring (bicyclic) bond motifs is 2. The fourth-order valence-electron chi connectivity index (χ4n) is 3.91. The molecule has 0 radical (unpaired) electrons. The molecule has 0 aliphatic heterocycles. The summed E-state index contributed by atoms with van der Waals surface area (Å²) in [4.78, 5) is 0. The summed E-state index contributed by atoms with van der Waals surface area (Å²) < 4.78 is 25.9. The minimum absolute atomic E-state index is 0.308. The second kappa shape index (κ2) is 4.54. The van der Waals surface area contributed by atoms with E-state index in [4.69, 9.17) is 0 Å². The number of rotatable bonds is 5. The van der Waals surface area contributed by atoms with E-state index in [9.17, 15) is 8.42 Å². The second-order valence-electron chi connectivity index (χ2n) is 6.30. The third-order valence-electron chi connectivity index (χ3n) is 5.12. The Morgan fingerprint density at radius 1 is 1.29 bits per heavy atom. The van der Waals surface area contributed by atoms with Crippen LogP contribution in [0.2, 0.25) is 0 Å². The van der Waals surface area contributed by atoms with Crippen molar-refractivity contribution < 1.29 is 8.42 Å². The van der Waals surface area contributed by atoms with Crippen LogP contribution in [-0.2, 0) is 10.0 Å². The van der Waals surface area contributed by atoms with Gasteiger partial charge in [0.15, 0.2) is 0 Å². The number of hydrogen-bond acceptors (Lipinski definition) is 2. The molecule has 3 atom stereocenters. The molecule has 1 N–H and O–H groups in total. The van der Waals surface area contributed by atoms with Gasteiger partial charge >= 0.3 is 0 Å². The first kappa shape index (κ1) is 13.3. The standard InChI is InChI=1S/C13H25NO2S/c1-4-14-17(15,16)8-7-10-5-6-11-9-12(10)13(11,2)3/h10-12,14H,4-9H2,1-3H3/t10-,11-,12-/m0/s1. The molecule has 0 amide bonds. The van der Waals surface area contributed by atoms with Crippen LogP contribution in [0.1, 0.15) is 46.5 Å². The Balaban J connectivity index is 1.88. The van der Waals surface area contributed by atoms with Crippen molar-refractivity contribution in [2.45, 2.75) is 46.5 Å². The molecule has 3 rings (SSSR count). The van der Waals surface area contributed by atoms with Gasteiger partial charge in [-0.25, -0.2) is 13.1 Å². The van der Waals surface area contributed by atoms with E-state index in [0.29, 0.717) is 23.6 Å². The molecule has 100 valence electrons. The molecule has 3 aliphatic rings. The minimum atomic E-state index is -3.02. The van der Waals surface area contributed by atoms with Crippen molar-refractivity contribution in [1.29, 1.82) is 0 Å².